The topological polar surface area (TPSA) is 191 Å². The van der Waals surface area contributed by atoms with Crippen molar-refractivity contribution in [2.45, 2.75) is 14.7 Å². The van der Waals surface area contributed by atoms with Crippen molar-refractivity contribution in [1.82, 2.24) is 0 Å². The van der Waals surface area contributed by atoms with E-state index in [9.17, 15) is 40.6 Å². The lowest BCUT2D eigenvalue weighted by Crippen LogP contribution is -2.11. The highest BCUT2D eigenvalue weighted by Crippen LogP contribution is 2.41. The molecule has 12 nitrogen and oxygen atoms in total. The van der Waals surface area contributed by atoms with Crippen LogP contribution in [-0.4, -0.2) is 40.6 Å². The maximum Gasteiger partial charge on any atom is 0.339 e. The van der Waals surface area contributed by atoms with Crippen LogP contribution in [0.5, 0.6) is 34.5 Å². The van der Waals surface area contributed by atoms with Gasteiger partial charge < -0.3 is 27.9 Å². The smallest absolute Gasteiger partial charge is 0.339 e. The number of aromatic hydroxyl groups is 3. The summed E-state index contributed by atoms with van der Waals surface area (Å²) in [6.45, 7) is 0. The summed E-state index contributed by atoms with van der Waals surface area (Å²) < 4.78 is 95.3. The van der Waals surface area contributed by atoms with Crippen LogP contribution in [0.15, 0.2) is 112 Å². The van der Waals surface area contributed by atoms with Crippen LogP contribution in [0, 0.1) is 0 Å². The molecule has 0 unspecified atom stereocenters. The van der Waals surface area contributed by atoms with Crippen molar-refractivity contribution in [3.63, 3.8) is 0 Å². The molecule has 0 amide bonds. The van der Waals surface area contributed by atoms with Crippen LogP contribution < -0.4 is 12.5 Å². The Labute approximate surface area is 299 Å². The van der Waals surface area contributed by atoms with Gasteiger partial charge in [0, 0.05) is 10.8 Å². The van der Waals surface area contributed by atoms with E-state index in [4.69, 9.17) is 47.4 Å². The molecule has 6 aromatic carbocycles. The summed E-state index contributed by atoms with van der Waals surface area (Å²) in [5, 5.41) is 29.1. The van der Waals surface area contributed by atoms with Crippen LogP contribution >= 0.6 is 34.8 Å². The molecular formula is C32H19Cl3O12S3. The van der Waals surface area contributed by atoms with Gasteiger partial charge in [-0.1, -0.05) is 40.9 Å². The Kier molecular flexibility index (Phi) is 9.09. The van der Waals surface area contributed by atoms with Crippen molar-refractivity contribution in [2.24, 2.45) is 0 Å². The number of halogens is 3. The van der Waals surface area contributed by atoms with Crippen molar-refractivity contribution in [3.8, 4) is 34.5 Å². The van der Waals surface area contributed by atoms with Gasteiger partial charge in [0.05, 0.1) is 15.1 Å². The van der Waals surface area contributed by atoms with E-state index < -0.39 is 35.2 Å². The van der Waals surface area contributed by atoms with Gasteiger partial charge in [0.1, 0.15) is 43.4 Å². The van der Waals surface area contributed by atoms with Gasteiger partial charge in [0.25, 0.3) is 0 Å². The predicted octanol–water partition coefficient (Wildman–Crippen LogP) is 7.37. The normalized spacial score (nSPS) is 12.2. The highest BCUT2D eigenvalue weighted by Gasteiger charge is 2.25. The SMILES string of the molecule is O=S(=O)(Oc1ccc2c(OS(=O)(=O)c3ccc(O)c(Cl)c3)c3cc(OS(=O)(=O)c4ccc(O)c(Cl)c4)ccc3cc2c1)c1ccc(O)c(Cl)c1. The highest BCUT2D eigenvalue weighted by atomic mass is 35.5. The molecular weight excluding hydrogens is 779 g/mol. The van der Waals surface area contributed by atoms with Crippen LogP contribution in [0.4, 0.5) is 0 Å². The third-order valence-corrected chi connectivity index (χ3v) is 11.7. The Morgan fingerprint density at radius 1 is 0.420 bits per heavy atom. The number of benzene rings is 6. The molecule has 18 heteroatoms. The minimum Gasteiger partial charge on any atom is -0.506 e. The van der Waals surface area contributed by atoms with Crippen molar-refractivity contribution >= 4 is 86.7 Å². The summed E-state index contributed by atoms with van der Waals surface area (Å²) >= 11 is 17.7. The van der Waals surface area contributed by atoms with E-state index >= 15 is 0 Å². The molecule has 0 atom stereocenters. The molecule has 0 aliphatic rings. The zero-order valence-corrected chi connectivity index (χ0v) is 29.3. The Hall–Kier alpha value is -4.64. The maximum absolute atomic E-state index is 13.5. The van der Waals surface area contributed by atoms with E-state index in [2.05, 4.69) is 0 Å². The van der Waals surface area contributed by atoms with Crippen molar-refractivity contribution in [2.75, 3.05) is 0 Å². The minimum absolute atomic E-state index is 0.0578. The number of rotatable bonds is 9. The van der Waals surface area contributed by atoms with Crippen LogP contribution in [0.2, 0.25) is 15.1 Å². The van der Waals surface area contributed by atoms with Gasteiger partial charge in [-0.3, -0.25) is 0 Å². The first kappa shape index (κ1) is 35.2. The Morgan fingerprint density at radius 3 is 1.30 bits per heavy atom. The molecule has 0 aliphatic heterocycles. The van der Waals surface area contributed by atoms with Gasteiger partial charge in [-0.2, -0.15) is 25.3 Å². The first-order chi connectivity index (χ1) is 23.4. The van der Waals surface area contributed by atoms with Gasteiger partial charge in [-0.05, 0) is 102 Å². The van der Waals surface area contributed by atoms with E-state index in [1.54, 1.807) is 0 Å². The van der Waals surface area contributed by atoms with Crippen LogP contribution in [0.1, 0.15) is 0 Å². The Morgan fingerprint density at radius 2 is 0.840 bits per heavy atom. The summed E-state index contributed by atoms with van der Waals surface area (Å²) in [6, 6.07) is 18.7. The third-order valence-electron chi connectivity index (χ3n) is 7.08. The van der Waals surface area contributed by atoms with E-state index in [-0.39, 0.29) is 75.5 Å². The quantitative estimate of drug-likeness (QED) is 0.0974. The number of hydrogen-bond donors (Lipinski definition) is 3. The first-order valence-corrected chi connectivity index (χ1v) is 19.1. The average molecular weight is 798 g/mol. The molecule has 0 aliphatic carbocycles. The lowest BCUT2D eigenvalue weighted by atomic mass is 10.0. The Bertz CT molecular complexity index is 2700. The number of hydrogen-bond acceptors (Lipinski definition) is 12. The molecule has 0 bridgehead atoms. The summed E-state index contributed by atoms with van der Waals surface area (Å²) in [5.41, 5.74) is 0. The average Bonchev–Trinajstić information content (AvgIpc) is 3.04. The van der Waals surface area contributed by atoms with Gasteiger partial charge in [-0.25, -0.2) is 0 Å². The number of phenols is 3. The molecule has 0 heterocycles. The molecule has 0 aromatic heterocycles. The standard InChI is InChI=1S/C32H19Cl3O12S3/c33-26-14-21(4-8-29(26)36)48(39,40)45-19-3-7-24-18(12-19)11-17-1-2-20(46-49(41,42)22-5-9-30(37)27(34)15-22)13-25(17)32(24)47-50(43,44)23-6-10-31(38)28(35)16-23/h1-16,36-38H. The summed E-state index contributed by atoms with van der Waals surface area (Å²) in [4.78, 5) is -1.15. The number of phenolic OH excluding ortho intramolecular Hbond substituents is 3. The summed E-state index contributed by atoms with van der Waals surface area (Å²) in [5.74, 6) is -1.81. The second-order valence-electron chi connectivity index (χ2n) is 10.4. The largest absolute Gasteiger partial charge is 0.506 e. The number of fused-ring (bicyclic) bond motifs is 2. The monoisotopic (exact) mass is 796 g/mol. The first-order valence-electron chi connectivity index (χ1n) is 13.7. The van der Waals surface area contributed by atoms with Crippen molar-refractivity contribution in [3.05, 3.63) is 112 Å². The van der Waals surface area contributed by atoms with E-state index in [1.165, 1.54) is 42.5 Å². The van der Waals surface area contributed by atoms with Crippen molar-refractivity contribution in [1.29, 1.82) is 0 Å². The molecule has 3 N–H and O–H groups in total. The van der Waals surface area contributed by atoms with Crippen LogP contribution in [0.3, 0.4) is 0 Å². The van der Waals surface area contributed by atoms with E-state index in [1.807, 2.05) is 0 Å². The maximum atomic E-state index is 13.5. The zero-order valence-electron chi connectivity index (χ0n) is 24.6. The minimum atomic E-state index is -4.67. The zero-order chi connectivity index (χ0) is 36.2. The lowest BCUT2D eigenvalue weighted by Gasteiger charge is -2.16. The van der Waals surface area contributed by atoms with Gasteiger partial charge in [-0.15, -0.1) is 0 Å². The molecule has 6 aromatic rings. The molecule has 0 spiro atoms. The molecule has 0 radical (unpaired) electrons. The van der Waals surface area contributed by atoms with Crippen molar-refractivity contribution < 1.29 is 53.1 Å². The molecule has 6 rings (SSSR count). The second kappa shape index (κ2) is 12.9. The van der Waals surface area contributed by atoms with Gasteiger partial charge >= 0.3 is 30.4 Å². The molecule has 0 saturated carbocycles. The fraction of sp³-hybridized carbons (Fsp3) is 0. The second-order valence-corrected chi connectivity index (χ2v) is 16.3. The highest BCUT2D eigenvalue weighted by molar-refractivity contribution is 7.87. The summed E-state index contributed by atoms with van der Waals surface area (Å²) in [6.07, 6.45) is 0. The molecule has 258 valence electrons. The van der Waals surface area contributed by atoms with E-state index in [0.717, 1.165) is 54.6 Å². The van der Waals surface area contributed by atoms with Gasteiger partial charge in [0.15, 0.2) is 5.75 Å². The lowest BCUT2D eigenvalue weighted by molar-refractivity contribution is 0.472. The molecule has 0 fully saturated rings. The third kappa shape index (κ3) is 7.01. The fourth-order valence-electron chi connectivity index (χ4n) is 4.67. The van der Waals surface area contributed by atoms with Gasteiger partial charge in [0.2, 0.25) is 0 Å². The Balaban J connectivity index is 1.47. The van der Waals surface area contributed by atoms with Crippen LogP contribution in [-0.2, 0) is 30.4 Å². The predicted molar refractivity (Wildman–Crippen MR) is 184 cm³/mol. The van der Waals surface area contributed by atoms with Crippen LogP contribution in [0.25, 0.3) is 21.5 Å². The fourth-order valence-corrected chi connectivity index (χ4v) is 8.30. The van der Waals surface area contributed by atoms with E-state index in [0.29, 0.717) is 5.39 Å². The summed E-state index contributed by atoms with van der Waals surface area (Å²) in [7, 11) is -13.6. The molecule has 0 saturated heterocycles. The molecule has 50 heavy (non-hydrogen) atoms.